The average Bonchev–Trinajstić information content (AvgIpc) is 2.34. The molecule has 0 radical (unpaired) electrons. The fourth-order valence-electron chi connectivity index (χ4n) is 1.68. The van der Waals surface area contributed by atoms with Crippen molar-refractivity contribution < 1.29 is 9.90 Å². The molecule has 0 spiro atoms. The Bertz CT molecular complexity index is 368. The summed E-state index contributed by atoms with van der Waals surface area (Å²) in [5.41, 5.74) is 1.68. The van der Waals surface area contributed by atoms with Crippen LogP contribution in [0.3, 0.4) is 0 Å². The lowest BCUT2D eigenvalue weighted by Gasteiger charge is -2.25. The van der Waals surface area contributed by atoms with E-state index in [9.17, 15) is 4.79 Å². The molecule has 0 aromatic heterocycles. The number of hydrogen-bond donors (Lipinski definition) is 1. The second kappa shape index (κ2) is 7.45. The summed E-state index contributed by atoms with van der Waals surface area (Å²) in [6.07, 6.45) is 3.03. The monoisotopic (exact) mass is 299 g/mol. The van der Waals surface area contributed by atoms with Crippen molar-refractivity contribution in [3.8, 4) is 0 Å². The Hall–Kier alpha value is -0.870. The SMILES string of the molecule is CCCCN(CCO)c1ccc(C=O)cc1Br. The molecule has 1 aromatic rings. The first kappa shape index (κ1) is 14.2. The van der Waals surface area contributed by atoms with Crippen molar-refractivity contribution in [2.24, 2.45) is 0 Å². The summed E-state index contributed by atoms with van der Waals surface area (Å²) < 4.78 is 0.895. The minimum Gasteiger partial charge on any atom is -0.395 e. The van der Waals surface area contributed by atoms with E-state index in [4.69, 9.17) is 5.11 Å². The lowest BCUT2D eigenvalue weighted by molar-refractivity contribution is 0.112. The Balaban J connectivity index is 2.88. The molecule has 4 heteroatoms. The molecule has 0 heterocycles. The highest BCUT2D eigenvalue weighted by atomic mass is 79.9. The predicted molar refractivity (Wildman–Crippen MR) is 73.7 cm³/mol. The van der Waals surface area contributed by atoms with Gasteiger partial charge in [-0.3, -0.25) is 4.79 Å². The van der Waals surface area contributed by atoms with Crippen LogP contribution in [-0.2, 0) is 0 Å². The fraction of sp³-hybridized carbons (Fsp3) is 0.462. The van der Waals surface area contributed by atoms with Crippen molar-refractivity contribution >= 4 is 27.9 Å². The van der Waals surface area contributed by atoms with Crippen LogP contribution in [0.4, 0.5) is 5.69 Å². The Morgan fingerprint density at radius 1 is 1.41 bits per heavy atom. The quantitative estimate of drug-likeness (QED) is 0.787. The summed E-state index contributed by atoms with van der Waals surface area (Å²) in [4.78, 5) is 12.8. The van der Waals surface area contributed by atoms with E-state index in [0.717, 1.165) is 35.8 Å². The van der Waals surface area contributed by atoms with Gasteiger partial charge >= 0.3 is 0 Å². The maximum atomic E-state index is 10.7. The molecular formula is C13H18BrNO2. The molecule has 1 rings (SSSR count). The van der Waals surface area contributed by atoms with E-state index < -0.39 is 0 Å². The van der Waals surface area contributed by atoms with Crippen molar-refractivity contribution in [1.29, 1.82) is 0 Å². The second-order valence-electron chi connectivity index (χ2n) is 3.89. The van der Waals surface area contributed by atoms with Gasteiger partial charge in [0.2, 0.25) is 0 Å². The number of benzene rings is 1. The molecule has 0 atom stereocenters. The van der Waals surface area contributed by atoms with Gasteiger partial charge in [-0.2, -0.15) is 0 Å². The highest BCUT2D eigenvalue weighted by molar-refractivity contribution is 9.10. The summed E-state index contributed by atoms with van der Waals surface area (Å²) in [6, 6.07) is 5.52. The number of nitrogens with zero attached hydrogens (tertiary/aromatic N) is 1. The topological polar surface area (TPSA) is 40.5 Å². The standard InChI is InChI=1S/C13H18BrNO2/c1-2-3-6-15(7-8-16)13-5-4-11(10-17)9-12(13)14/h4-5,9-10,16H,2-3,6-8H2,1H3. The Morgan fingerprint density at radius 3 is 2.71 bits per heavy atom. The maximum absolute atomic E-state index is 10.7. The first-order chi connectivity index (χ1) is 8.22. The number of aliphatic hydroxyl groups excluding tert-OH is 1. The first-order valence-electron chi connectivity index (χ1n) is 5.83. The van der Waals surface area contributed by atoms with Crippen molar-refractivity contribution in [2.45, 2.75) is 19.8 Å². The molecule has 0 aliphatic rings. The lowest BCUT2D eigenvalue weighted by atomic mass is 10.2. The Morgan fingerprint density at radius 2 is 2.18 bits per heavy atom. The van der Waals surface area contributed by atoms with E-state index in [1.54, 1.807) is 12.1 Å². The van der Waals surface area contributed by atoms with E-state index in [-0.39, 0.29) is 6.61 Å². The smallest absolute Gasteiger partial charge is 0.150 e. The Kier molecular flexibility index (Phi) is 6.22. The van der Waals surface area contributed by atoms with Crippen LogP contribution in [-0.4, -0.2) is 31.1 Å². The third kappa shape index (κ3) is 4.13. The number of unbranched alkanes of at least 4 members (excludes halogenated alkanes) is 1. The third-order valence-corrected chi connectivity index (χ3v) is 3.24. The molecule has 1 N–H and O–H groups in total. The summed E-state index contributed by atoms with van der Waals surface area (Å²) in [5, 5.41) is 9.08. The summed E-state index contributed by atoms with van der Waals surface area (Å²) in [7, 11) is 0. The van der Waals surface area contributed by atoms with Crippen LogP contribution in [0.2, 0.25) is 0 Å². The van der Waals surface area contributed by atoms with Crippen LogP contribution < -0.4 is 4.90 Å². The van der Waals surface area contributed by atoms with Gasteiger partial charge in [-0.1, -0.05) is 13.3 Å². The molecule has 0 aliphatic carbocycles. The van der Waals surface area contributed by atoms with Crippen LogP contribution >= 0.6 is 15.9 Å². The van der Waals surface area contributed by atoms with Crippen LogP contribution in [0.5, 0.6) is 0 Å². The van der Waals surface area contributed by atoms with Crippen molar-refractivity contribution in [3.63, 3.8) is 0 Å². The molecular weight excluding hydrogens is 282 g/mol. The highest BCUT2D eigenvalue weighted by Crippen LogP contribution is 2.27. The van der Waals surface area contributed by atoms with Gasteiger partial charge < -0.3 is 10.0 Å². The summed E-state index contributed by atoms with van der Waals surface area (Å²) in [6.45, 7) is 3.79. The van der Waals surface area contributed by atoms with Crippen molar-refractivity contribution in [3.05, 3.63) is 28.2 Å². The van der Waals surface area contributed by atoms with Gasteiger partial charge in [0.1, 0.15) is 6.29 Å². The molecule has 0 amide bonds. The Labute approximate surface area is 111 Å². The zero-order chi connectivity index (χ0) is 12.7. The number of carbonyl (C=O) groups excluding carboxylic acids is 1. The zero-order valence-electron chi connectivity index (χ0n) is 10.0. The van der Waals surface area contributed by atoms with Crippen LogP contribution in [0, 0.1) is 0 Å². The molecule has 17 heavy (non-hydrogen) atoms. The van der Waals surface area contributed by atoms with Crippen LogP contribution in [0.15, 0.2) is 22.7 Å². The second-order valence-corrected chi connectivity index (χ2v) is 4.75. The zero-order valence-corrected chi connectivity index (χ0v) is 11.6. The van der Waals surface area contributed by atoms with Gasteiger partial charge in [0.15, 0.2) is 0 Å². The van der Waals surface area contributed by atoms with E-state index in [2.05, 4.69) is 27.8 Å². The number of carbonyl (C=O) groups is 1. The average molecular weight is 300 g/mol. The number of hydrogen-bond acceptors (Lipinski definition) is 3. The first-order valence-corrected chi connectivity index (χ1v) is 6.62. The van der Waals surface area contributed by atoms with Gasteiger partial charge in [-0.15, -0.1) is 0 Å². The number of aldehydes is 1. The predicted octanol–water partition coefficient (Wildman–Crippen LogP) is 2.86. The normalized spacial score (nSPS) is 10.3. The molecule has 0 saturated carbocycles. The molecule has 0 aliphatic heterocycles. The van der Waals surface area contributed by atoms with Crippen molar-refractivity contribution in [2.75, 3.05) is 24.6 Å². The molecule has 0 unspecified atom stereocenters. The van der Waals surface area contributed by atoms with Gasteiger partial charge in [-0.05, 0) is 40.5 Å². The van der Waals surface area contributed by atoms with Gasteiger partial charge in [0.05, 0.1) is 12.3 Å². The number of aliphatic hydroxyl groups is 1. The molecule has 0 bridgehead atoms. The summed E-state index contributed by atoms with van der Waals surface area (Å²) >= 11 is 3.47. The van der Waals surface area contributed by atoms with Crippen molar-refractivity contribution in [1.82, 2.24) is 0 Å². The van der Waals surface area contributed by atoms with Gasteiger partial charge in [0, 0.05) is 23.1 Å². The number of rotatable bonds is 7. The molecule has 1 aromatic carbocycles. The minimum atomic E-state index is 0.131. The van der Waals surface area contributed by atoms with Crippen LogP contribution in [0.1, 0.15) is 30.1 Å². The van der Waals surface area contributed by atoms with E-state index >= 15 is 0 Å². The van der Waals surface area contributed by atoms with Gasteiger partial charge in [0.25, 0.3) is 0 Å². The van der Waals surface area contributed by atoms with Crippen LogP contribution in [0.25, 0.3) is 0 Å². The largest absolute Gasteiger partial charge is 0.395 e. The van der Waals surface area contributed by atoms with Gasteiger partial charge in [-0.25, -0.2) is 0 Å². The third-order valence-electron chi connectivity index (χ3n) is 2.60. The van der Waals surface area contributed by atoms with E-state index in [1.165, 1.54) is 0 Å². The molecule has 0 saturated heterocycles. The fourth-order valence-corrected chi connectivity index (χ4v) is 2.32. The molecule has 3 nitrogen and oxygen atoms in total. The molecule has 0 fully saturated rings. The highest BCUT2D eigenvalue weighted by Gasteiger charge is 2.09. The van der Waals surface area contributed by atoms with E-state index in [1.807, 2.05) is 6.07 Å². The maximum Gasteiger partial charge on any atom is 0.150 e. The minimum absolute atomic E-state index is 0.131. The number of anilines is 1. The summed E-state index contributed by atoms with van der Waals surface area (Å²) in [5.74, 6) is 0. The molecule has 94 valence electrons. The van der Waals surface area contributed by atoms with E-state index in [0.29, 0.717) is 12.1 Å². The lowest BCUT2D eigenvalue weighted by Crippen LogP contribution is -2.28. The number of halogens is 1.